The SMILES string of the molecule is CC(C)C[C@H](CNC(=O)N1CC(C)SC(C)C1)CC(=O)O. The second-order valence-electron chi connectivity index (χ2n) is 6.44. The molecule has 1 aliphatic heterocycles. The third kappa shape index (κ3) is 7.07. The zero-order chi connectivity index (χ0) is 16.0. The molecule has 0 aliphatic carbocycles. The summed E-state index contributed by atoms with van der Waals surface area (Å²) in [5, 5.41) is 12.8. The van der Waals surface area contributed by atoms with Gasteiger partial charge < -0.3 is 15.3 Å². The van der Waals surface area contributed by atoms with E-state index in [1.807, 2.05) is 16.7 Å². The van der Waals surface area contributed by atoms with Gasteiger partial charge in [-0.05, 0) is 18.3 Å². The Morgan fingerprint density at radius 1 is 1.29 bits per heavy atom. The first kappa shape index (κ1) is 18.1. The van der Waals surface area contributed by atoms with Crippen molar-refractivity contribution in [1.29, 1.82) is 0 Å². The van der Waals surface area contributed by atoms with Crippen molar-refractivity contribution in [2.24, 2.45) is 11.8 Å². The summed E-state index contributed by atoms with van der Waals surface area (Å²) in [4.78, 5) is 25.0. The Labute approximate surface area is 131 Å². The molecule has 0 aromatic heterocycles. The topological polar surface area (TPSA) is 69.6 Å². The predicted octanol–water partition coefficient (Wildman–Crippen LogP) is 2.66. The van der Waals surface area contributed by atoms with E-state index < -0.39 is 5.97 Å². The predicted molar refractivity (Wildman–Crippen MR) is 86.7 cm³/mol. The largest absolute Gasteiger partial charge is 0.481 e. The molecule has 0 saturated carbocycles. The molecule has 0 radical (unpaired) electrons. The molecule has 1 rings (SSSR count). The van der Waals surface area contributed by atoms with E-state index in [1.165, 1.54) is 0 Å². The Morgan fingerprint density at radius 2 is 1.86 bits per heavy atom. The molecule has 1 saturated heterocycles. The first-order chi connectivity index (χ1) is 9.77. The highest BCUT2D eigenvalue weighted by molar-refractivity contribution is 8.00. The average molecular weight is 316 g/mol. The summed E-state index contributed by atoms with van der Waals surface area (Å²) in [6.45, 7) is 10.4. The lowest BCUT2D eigenvalue weighted by Gasteiger charge is -2.34. The van der Waals surface area contributed by atoms with Gasteiger partial charge in [0.2, 0.25) is 0 Å². The van der Waals surface area contributed by atoms with Crippen LogP contribution in [-0.4, -0.2) is 52.1 Å². The lowest BCUT2D eigenvalue weighted by atomic mass is 9.94. The van der Waals surface area contributed by atoms with Crippen molar-refractivity contribution in [2.75, 3.05) is 19.6 Å². The molecular formula is C15H28N2O3S. The van der Waals surface area contributed by atoms with Gasteiger partial charge in [-0.2, -0.15) is 11.8 Å². The molecule has 0 spiro atoms. The minimum Gasteiger partial charge on any atom is -0.481 e. The molecule has 2 N–H and O–H groups in total. The van der Waals surface area contributed by atoms with Gasteiger partial charge in [0.15, 0.2) is 0 Å². The van der Waals surface area contributed by atoms with Crippen LogP contribution in [0.1, 0.15) is 40.5 Å². The van der Waals surface area contributed by atoms with E-state index in [9.17, 15) is 9.59 Å². The zero-order valence-electron chi connectivity index (χ0n) is 13.5. The van der Waals surface area contributed by atoms with Gasteiger partial charge in [0, 0.05) is 36.6 Å². The maximum absolute atomic E-state index is 12.2. The number of thioether (sulfide) groups is 1. The summed E-state index contributed by atoms with van der Waals surface area (Å²) in [6.07, 6.45) is 0.927. The molecule has 2 amide bonds. The van der Waals surface area contributed by atoms with Gasteiger partial charge in [-0.3, -0.25) is 4.79 Å². The number of carboxylic acids is 1. The van der Waals surface area contributed by atoms with Gasteiger partial charge >= 0.3 is 12.0 Å². The van der Waals surface area contributed by atoms with Gasteiger partial charge in [0.25, 0.3) is 0 Å². The van der Waals surface area contributed by atoms with Crippen LogP contribution in [0.5, 0.6) is 0 Å². The Morgan fingerprint density at radius 3 is 2.33 bits per heavy atom. The number of rotatable bonds is 6. The van der Waals surface area contributed by atoms with Crippen LogP contribution in [-0.2, 0) is 4.79 Å². The highest BCUT2D eigenvalue weighted by Gasteiger charge is 2.26. The number of nitrogens with one attached hydrogen (secondary N) is 1. The smallest absolute Gasteiger partial charge is 0.317 e. The van der Waals surface area contributed by atoms with Gasteiger partial charge in [0.05, 0.1) is 0 Å². The molecule has 0 aromatic carbocycles. The highest BCUT2D eigenvalue weighted by atomic mass is 32.2. The molecule has 0 aromatic rings. The number of amides is 2. The summed E-state index contributed by atoms with van der Waals surface area (Å²) < 4.78 is 0. The Kier molecular flexibility index (Phi) is 7.35. The molecule has 5 nitrogen and oxygen atoms in total. The van der Waals surface area contributed by atoms with E-state index >= 15 is 0 Å². The van der Waals surface area contributed by atoms with E-state index in [1.54, 1.807) is 0 Å². The molecule has 2 unspecified atom stereocenters. The standard InChI is InChI=1S/C15H28N2O3S/c1-10(2)5-13(6-14(18)19)7-16-15(20)17-8-11(3)21-12(4)9-17/h10-13H,5-9H2,1-4H3,(H,16,20)(H,18,19)/t11?,12?,13-/m0/s1. The summed E-state index contributed by atoms with van der Waals surface area (Å²) >= 11 is 1.90. The monoisotopic (exact) mass is 316 g/mol. The van der Waals surface area contributed by atoms with E-state index in [-0.39, 0.29) is 18.4 Å². The van der Waals surface area contributed by atoms with Crippen molar-refractivity contribution < 1.29 is 14.7 Å². The van der Waals surface area contributed by atoms with E-state index in [0.717, 1.165) is 19.5 Å². The number of carboxylic acid groups (broad SMARTS) is 1. The number of carbonyl (C=O) groups excluding carboxylic acids is 1. The first-order valence-corrected chi connectivity index (χ1v) is 8.62. The van der Waals surface area contributed by atoms with Gasteiger partial charge in [-0.15, -0.1) is 0 Å². The molecule has 1 heterocycles. The third-order valence-electron chi connectivity index (χ3n) is 3.52. The fourth-order valence-corrected chi connectivity index (χ4v) is 4.16. The lowest BCUT2D eigenvalue weighted by molar-refractivity contribution is -0.138. The lowest BCUT2D eigenvalue weighted by Crippen LogP contribution is -2.49. The zero-order valence-corrected chi connectivity index (χ0v) is 14.3. The molecule has 1 aliphatic rings. The van der Waals surface area contributed by atoms with Gasteiger partial charge in [-0.25, -0.2) is 4.79 Å². The van der Waals surface area contributed by atoms with Crippen LogP contribution < -0.4 is 5.32 Å². The fourth-order valence-electron chi connectivity index (χ4n) is 2.84. The van der Waals surface area contributed by atoms with Crippen LogP contribution in [0.15, 0.2) is 0 Å². The van der Waals surface area contributed by atoms with Crippen LogP contribution in [0.25, 0.3) is 0 Å². The number of aliphatic carboxylic acids is 1. The summed E-state index contributed by atoms with van der Waals surface area (Å²) in [6, 6.07) is -0.0619. The molecule has 0 bridgehead atoms. The highest BCUT2D eigenvalue weighted by Crippen LogP contribution is 2.24. The van der Waals surface area contributed by atoms with Crippen molar-refractivity contribution >= 4 is 23.8 Å². The molecule has 6 heteroatoms. The van der Waals surface area contributed by atoms with Crippen molar-refractivity contribution in [3.8, 4) is 0 Å². The second kappa shape index (κ2) is 8.51. The average Bonchev–Trinajstić information content (AvgIpc) is 2.32. The van der Waals surface area contributed by atoms with Gasteiger partial charge in [-0.1, -0.05) is 27.7 Å². The maximum Gasteiger partial charge on any atom is 0.317 e. The third-order valence-corrected chi connectivity index (χ3v) is 4.74. The van der Waals surface area contributed by atoms with Crippen LogP contribution in [0, 0.1) is 11.8 Å². The number of hydrogen-bond acceptors (Lipinski definition) is 3. The number of hydrogen-bond donors (Lipinski definition) is 2. The molecule has 3 atom stereocenters. The van der Waals surface area contributed by atoms with Gasteiger partial charge in [0.1, 0.15) is 0 Å². The molecule has 122 valence electrons. The molecule has 1 fully saturated rings. The number of carbonyl (C=O) groups is 2. The summed E-state index contributed by atoms with van der Waals surface area (Å²) in [7, 11) is 0. The van der Waals surface area contributed by atoms with Crippen molar-refractivity contribution in [2.45, 2.75) is 51.0 Å². The Hall–Kier alpha value is -0.910. The summed E-state index contributed by atoms with van der Waals surface area (Å²) in [5.74, 6) is -0.371. The van der Waals surface area contributed by atoms with Crippen LogP contribution in [0.3, 0.4) is 0 Å². The maximum atomic E-state index is 12.2. The second-order valence-corrected chi connectivity index (χ2v) is 8.32. The van der Waals surface area contributed by atoms with E-state index in [0.29, 0.717) is 23.0 Å². The van der Waals surface area contributed by atoms with Crippen LogP contribution in [0.4, 0.5) is 4.79 Å². The van der Waals surface area contributed by atoms with E-state index in [2.05, 4.69) is 33.0 Å². The van der Waals surface area contributed by atoms with Crippen molar-refractivity contribution in [1.82, 2.24) is 10.2 Å². The Bertz CT molecular complexity index is 353. The minimum atomic E-state index is -0.800. The number of urea groups is 1. The number of nitrogens with zero attached hydrogens (tertiary/aromatic N) is 1. The first-order valence-electron chi connectivity index (χ1n) is 7.68. The fraction of sp³-hybridized carbons (Fsp3) is 0.867. The van der Waals surface area contributed by atoms with Crippen molar-refractivity contribution in [3.63, 3.8) is 0 Å². The van der Waals surface area contributed by atoms with E-state index in [4.69, 9.17) is 5.11 Å². The normalized spacial score (nSPS) is 24.0. The molecule has 21 heavy (non-hydrogen) atoms. The van der Waals surface area contributed by atoms with Crippen LogP contribution in [0.2, 0.25) is 0 Å². The van der Waals surface area contributed by atoms with Crippen molar-refractivity contribution in [3.05, 3.63) is 0 Å². The quantitative estimate of drug-likeness (QED) is 0.790. The Balaban J connectivity index is 2.46. The molecular weight excluding hydrogens is 288 g/mol. The van der Waals surface area contributed by atoms with Crippen LogP contribution >= 0.6 is 11.8 Å². The minimum absolute atomic E-state index is 0.000428. The summed E-state index contributed by atoms with van der Waals surface area (Å²) in [5.41, 5.74) is 0.